The highest BCUT2D eigenvalue weighted by molar-refractivity contribution is 7.09. The summed E-state index contributed by atoms with van der Waals surface area (Å²) in [6.07, 6.45) is 6.50. The Morgan fingerprint density at radius 1 is 1.08 bits per heavy atom. The quantitative estimate of drug-likeness (QED) is 0.640. The third-order valence-electron chi connectivity index (χ3n) is 3.94. The third kappa shape index (κ3) is 5.93. The predicted octanol–water partition coefficient (Wildman–Crippen LogP) is 3.88. The van der Waals surface area contributed by atoms with Gasteiger partial charge in [0, 0.05) is 35.8 Å². The fourth-order valence-electron chi connectivity index (χ4n) is 2.61. The molecular formula is C20H20ClN3OS. The lowest BCUT2D eigenvalue weighted by atomic mass is 10.1. The second kappa shape index (κ2) is 9.46. The van der Waals surface area contributed by atoms with Crippen molar-refractivity contribution < 1.29 is 4.79 Å². The van der Waals surface area contributed by atoms with Crippen LogP contribution in [0.15, 0.2) is 54.2 Å². The number of rotatable bonds is 8. The van der Waals surface area contributed by atoms with Gasteiger partial charge in [-0.3, -0.25) is 9.78 Å². The Kier molecular flexibility index (Phi) is 6.75. The number of benzene rings is 1. The fraction of sp³-hybridized carbons (Fsp3) is 0.250. The van der Waals surface area contributed by atoms with E-state index in [1.807, 2.05) is 41.8 Å². The van der Waals surface area contributed by atoms with Crippen molar-refractivity contribution in [1.29, 1.82) is 0 Å². The minimum Gasteiger partial charge on any atom is -0.355 e. The molecule has 0 atom stereocenters. The lowest BCUT2D eigenvalue weighted by molar-refractivity contribution is -0.120. The van der Waals surface area contributed by atoms with Gasteiger partial charge in [0.2, 0.25) is 5.91 Å². The zero-order chi connectivity index (χ0) is 18.2. The molecule has 1 aromatic carbocycles. The number of nitrogens with one attached hydrogen (secondary N) is 1. The molecule has 134 valence electrons. The molecular weight excluding hydrogens is 366 g/mol. The van der Waals surface area contributed by atoms with Crippen molar-refractivity contribution in [2.24, 2.45) is 0 Å². The third-order valence-corrected chi connectivity index (χ3v) is 5.14. The molecule has 26 heavy (non-hydrogen) atoms. The van der Waals surface area contributed by atoms with Crippen molar-refractivity contribution in [3.8, 4) is 0 Å². The summed E-state index contributed by atoms with van der Waals surface area (Å²) in [5, 5.41) is 6.69. The maximum Gasteiger partial charge on any atom is 0.226 e. The molecule has 1 amide bonds. The number of aromatic nitrogens is 2. The highest BCUT2D eigenvalue weighted by Crippen LogP contribution is 2.14. The second-order valence-electron chi connectivity index (χ2n) is 5.99. The molecule has 0 aliphatic carbocycles. The molecule has 0 fully saturated rings. The summed E-state index contributed by atoms with van der Waals surface area (Å²) in [5.41, 5.74) is 3.19. The maximum atomic E-state index is 12.1. The van der Waals surface area contributed by atoms with Crippen LogP contribution in [0.5, 0.6) is 0 Å². The van der Waals surface area contributed by atoms with Gasteiger partial charge in [0.1, 0.15) is 0 Å². The topological polar surface area (TPSA) is 54.9 Å². The molecule has 3 rings (SSSR count). The number of amides is 1. The van der Waals surface area contributed by atoms with Crippen LogP contribution in [0.2, 0.25) is 5.02 Å². The number of nitrogens with zero attached hydrogens (tertiary/aromatic N) is 2. The molecule has 3 aromatic rings. The SMILES string of the molecule is O=C(Cc1csc(CCc2ccncc2)n1)NCCc1cccc(Cl)c1. The normalized spacial score (nSPS) is 10.7. The number of aryl methyl sites for hydroxylation is 2. The standard InChI is InChI=1S/C20H20ClN3OS/c21-17-3-1-2-16(12-17)8-11-23-19(25)13-18-14-26-20(24-18)5-4-15-6-9-22-10-7-15/h1-3,6-7,9-10,12,14H,4-5,8,11,13H2,(H,23,25). The first kappa shape index (κ1) is 18.5. The predicted molar refractivity (Wildman–Crippen MR) is 106 cm³/mol. The van der Waals surface area contributed by atoms with E-state index in [9.17, 15) is 4.79 Å². The van der Waals surface area contributed by atoms with E-state index in [4.69, 9.17) is 11.6 Å². The van der Waals surface area contributed by atoms with Crippen LogP contribution in [0.25, 0.3) is 0 Å². The van der Waals surface area contributed by atoms with Gasteiger partial charge in [0.15, 0.2) is 0 Å². The van der Waals surface area contributed by atoms with E-state index < -0.39 is 0 Å². The molecule has 0 saturated carbocycles. The van der Waals surface area contributed by atoms with Crippen LogP contribution >= 0.6 is 22.9 Å². The molecule has 1 N–H and O–H groups in total. The largest absolute Gasteiger partial charge is 0.355 e. The minimum atomic E-state index is -0.00184. The monoisotopic (exact) mass is 385 g/mol. The van der Waals surface area contributed by atoms with Crippen molar-refractivity contribution in [2.75, 3.05) is 6.54 Å². The summed E-state index contributed by atoms with van der Waals surface area (Å²) in [6.45, 7) is 0.595. The van der Waals surface area contributed by atoms with Crippen LogP contribution < -0.4 is 5.32 Å². The summed E-state index contributed by atoms with van der Waals surface area (Å²) >= 11 is 7.57. The minimum absolute atomic E-state index is 0.00184. The average molecular weight is 386 g/mol. The Morgan fingerprint density at radius 2 is 1.92 bits per heavy atom. The van der Waals surface area contributed by atoms with Crippen LogP contribution in [0.3, 0.4) is 0 Å². The number of carbonyl (C=O) groups is 1. The second-order valence-corrected chi connectivity index (χ2v) is 7.37. The van der Waals surface area contributed by atoms with E-state index >= 15 is 0 Å². The number of thiazole rings is 1. The van der Waals surface area contributed by atoms with Crippen molar-refractivity contribution >= 4 is 28.8 Å². The molecule has 6 heteroatoms. The smallest absolute Gasteiger partial charge is 0.226 e. The van der Waals surface area contributed by atoms with Gasteiger partial charge >= 0.3 is 0 Å². The zero-order valence-corrected chi connectivity index (χ0v) is 15.9. The summed E-state index contributed by atoms with van der Waals surface area (Å²) in [6, 6.07) is 11.7. The van der Waals surface area contributed by atoms with Crippen molar-refractivity contribution in [3.05, 3.63) is 81.0 Å². The molecule has 0 bridgehead atoms. The van der Waals surface area contributed by atoms with Gasteiger partial charge < -0.3 is 5.32 Å². The highest BCUT2D eigenvalue weighted by atomic mass is 35.5. The van der Waals surface area contributed by atoms with Crippen molar-refractivity contribution in [1.82, 2.24) is 15.3 Å². The Hall–Kier alpha value is -2.24. The first-order chi connectivity index (χ1) is 12.7. The van der Waals surface area contributed by atoms with Gasteiger partial charge in [-0.05, 0) is 48.2 Å². The lowest BCUT2D eigenvalue weighted by Gasteiger charge is -2.04. The molecule has 4 nitrogen and oxygen atoms in total. The summed E-state index contributed by atoms with van der Waals surface area (Å²) in [4.78, 5) is 20.7. The van der Waals surface area contributed by atoms with Crippen LogP contribution in [-0.2, 0) is 30.5 Å². The zero-order valence-electron chi connectivity index (χ0n) is 14.3. The first-order valence-corrected chi connectivity index (χ1v) is 9.78. The molecule has 2 heterocycles. The van der Waals surface area contributed by atoms with Crippen LogP contribution in [0.1, 0.15) is 21.8 Å². The molecule has 2 aromatic heterocycles. The Bertz CT molecular complexity index is 851. The van der Waals surface area contributed by atoms with Crippen molar-refractivity contribution in [2.45, 2.75) is 25.7 Å². The molecule has 0 aliphatic heterocycles. The Labute approximate surface area is 162 Å². The number of halogens is 1. The van der Waals surface area contributed by atoms with E-state index in [1.54, 1.807) is 23.7 Å². The van der Waals surface area contributed by atoms with E-state index in [0.29, 0.717) is 13.0 Å². The molecule has 0 aliphatic rings. The first-order valence-electron chi connectivity index (χ1n) is 8.52. The number of pyridine rings is 1. The molecule has 0 unspecified atom stereocenters. The summed E-state index contributed by atoms with van der Waals surface area (Å²) < 4.78 is 0. The maximum absolute atomic E-state index is 12.1. The Balaban J connectivity index is 1.41. The van der Waals surface area contributed by atoms with Gasteiger partial charge in [-0.25, -0.2) is 4.98 Å². The fourth-order valence-corrected chi connectivity index (χ4v) is 3.62. The van der Waals surface area contributed by atoms with Crippen LogP contribution in [0, 0.1) is 0 Å². The number of carbonyl (C=O) groups excluding carboxylic acids is 1. The van der Waals surface area contributed by atoms with Gasteiger partial charge in [0.05, 0.1) is 17.1 Å². The van der Waals surface area contributed by atoms with E-state index in [0.717, 1.165) is 40.6 Å². The lowest BCUT2D eigenvalue weighted by Crippen LogP contribution is -2.27. The summed E-state index contributed by atoms with van der Waals surface area (Å²) in [7, 11) is 0. The van der Waals surface area contributed by atoms with Crippen LogP contribution in [-0.4, -0.2) is 22.4 Å². The van der Waals surface area contributed by atoms with E-state index in [-0.39, 0.29) is 5.91 Å². The number of hydrogen-bond acceptors (Lipinski definition) is 4. The van der Waals surface area contributed by atoms with Gasteiger partial charge in [-0.1, -0.05) is 23.7 Å². The van der Waals surface area contributed by atoms with E-state index in [2.05, 4.69) is 15.3 Å². The Morgan fingerprint density at radius 3 is 2.73 bits per heavy atom. The molecule has 0 saturated heterocycles. The van der Waals surface area contributed by atoms with Crippen molar-refractivity contribution in [3.63, 3.8) is 0 Å². The van der Waals surface area contributed by atoms with Crippen LogP contribution in [0.4, 0.5) is 0 Å². The van der Waals surface area contributed by atoms with E-state index in [1.165, 1.54) is 5.56 Å². The summed E-state index contributed by atoms with van der Waals surface area (Å²) in [5.74, 6) is -0.00184. The molecule has 0 spiro atoms. The molecule has 0 radical (unpaired) electrons. The van der Waals surface area contributed by atoms with Gasteiger partial charge in [0.25, 0.3) is 0 Å². The highest BCUT2D eigenvalue weighted by Gasteiger charge is 2.08. The van der Waals surface area contributed by atoms with Gasteiger partial charge in [-0.2, -0.15) is 0 Å². The average Bonchev–Trinajstić information content (AvgIpc) is 3.08. The van der Waals surface area contributed by atoms with Gasteiger partial charge in [-0.15, -0.1) is 11.3 Å². The number of hydrogen-bond donors (Lipinski definition) is 1.